The maximum atomic E-state index is 12.4. The number of benzene rings is 2. The molecule has 0 unspecified atom stereocenters. The Labute approximate surface area is 152 Å². The fourth-order valence-electron chi connectivity index (χ4n) is 2.17. The summed E-state index contributed by atoms with van der Waals surface area (Å²) in [5.41, 5.74) is 1.02. The molecule has 0 aliphatic heterocycles. The van der Waals surface area contributed by atoms with Crippen LogP contribution >= 0.6 is 11.6 Å². The lowest BCUT2D eigenvalue weighted by Gasteiger charge is -2.14. The summed E-state index contributed by atoms with van der Waals surface area (Å²) in [4.78, 5) is 12.3. The van der Waals surface area contributed by atoms with Crippen LogP contribution in [0.15, 0.2) is 47.4 Å². The van der Waals surface area contributed by atoms with Crippen molar-refractivity contribution < 1.29 is 17.9 Å². The van der Waals surface area contributed by atoms with Gasteiger partial charge in [0, 0.05) is 31.8 Å². The van der Waals surface area contributed by atoms with E-state index in [9.17, 15) is 13.2 Å². The summed E-state index contributed by atoms with van der Waals surface area (Å²) in [7, 11) is 0.620. The zero-order valence-corrected chi connectivity index (χ0v) is 15.7. The van der Waals surface area contributed by atoms with E-state index in [0.717, 1.165) is 9.87 Å². The highest BCUT2D eigenvalue weighted by molar-refractivity contribution is 7.89. The van der Waals surface area contributed by atoms with Crippen LogP contribution in [-0.4, -0.2) is 39.8 Å². The maximum absolute atomic E-state index is 12.4. The van der Waals surface area contributed by atoms with Crippen LogP contribution in [0.1, 0.15) is 15.9 Å². The van der Waals surface area contributed by atoms with Crippen LogP contribution in [0.25, 0.3) is 0 Å². The highest BCUT2D eigenvalue weighted by Crippen LogP contribution is 2.25. The zero-order chi connectivity index (χ0) is 18.6. The van der Waals surface area contributed by atoms with E-state index in [1.165, 1.54) is 32.3 Å². The number of amides is 1. The van der Waals surface area contributed by atoms with Crippen LogP contribution in [0.3, 0.4) is 0 Å². The molecule has 0 aliphatic carbocycles. The van der Waals surface area contributed by atoms with Crippen molar-refractivity contribution in [3.8, 4) is 5.75 Å². The first-order chi connectivity index (χ1) is 11.8. The molecule has 8 heteroatoms. The summed E-state index contributed by atoms with van der Waals surface area (Å²) in [6, 6.07) is 11.5. The monoisotopic (exact) mass is 382 g/mol. The minimum atomic E-state index is -3.74. The number of sulfonamides is 1. The van der Waals surface area contributed by atoms with Gasteiger partial charge in [0.05, 0.1) is 12.1 Å². The average molecular weight is 383 g/mol. The maximum Gasteiger partial charge on any atom is 0.251 e. The van der Waals surface area contributed by atoms with Gasteiger partial charge in [0.15, 0.2) is 0 Å². The number of hydrogen-bond donors (Lipinski definition) is 1. The number of carbonyl (C=O) groups excluding carboxylic acids is 1. The molecule has 6 nitrogen and oxygen atoms in total. The number of nitrogens with one attached hydrogen (secondary N) is 1. The molecule has 1 amide bonds. The fraction of sp³-hybridized carbons (Fsp3) is 0.235. The number of rotatable bonds is 6. The molecule has 2 aromatic rings. The minimum absolute atomic E-state index is 0.0648. The predicted octanol–water partition coefficient (Wildman–Crippen LogP) is 2.53. The largest absolute Gasteiger partial charge is 0.496 e. The Hall–Kier alpha value is -2.09. The Morgan fingerprint density at radius 3 is 2.52 bits per heavy atom. The summed E-state index contributed by atoms with van der Waals surface area (Å²) in [5.74, 6) is 0.257. The lowest BCUT2D eigenvalue weighted by atomic mass is 10.1. The smallest absolute Gasteiger partial charge is 0.251 e. The quantitative estimate of drug-likeness (QED) is 0.833. The predicted molar refractivity (Wildman–Crippen MR) is 96.5 cm³/mol. The average Bonchev–Trinajstić information content (AvgIpc) is 2.59. The van der Waals surface area contributed by atoms with Gasteiger partial charge in [0.25, 0.3) is 5.91 Å². The van der Waals surface area contributed by atoms with E-state index in [2.05, 4.69) is 5.32 Å². The van der Waals surface area contributed by atoms with Crippen LogP contribution in [0.5, 0.6) is 5.75 Å². The first-order valence-electron chi connectivity index (χ1n) is 7.39. The number of carbonyl (C=O) groups is 1. The summed E-state index contributed by atoms with van der Waals surface area (Å²) in [6.45, 7) is 0.251. The van der Waals surface area contributed by atoms with Gasteiger partial charge in [-0.3, -0.25) is 4.79 Å². The number of ether oxygens (including phenoxy) is 1. The van der Waals surface area contributed by atoms with Crippen molar-refractivity contribution in [3.63, 3.8) is 0 Å². The number of hydrogen-bond acceptors (Lipinski definition) is 4. The van der Waals surface area contributed by atoms with E-state index in [1.807, 2.05) is 18.2 Å². The molecule has 1 N–H and O–H groups in total. The lowest BCUT2D eigenvalue weighted by Crippen LogP contribution is -2.25. The van der Waals surface area contributed by atoms with Crippen molar-refractivity contribution in [2.75, 3.05) is 21.2 Å². The van der Waals surface area contributed by atoms with Gasteiger partial charge in [-0.15, -0.1) is 0 Å². The van der Waals surface area contributed by atoms with E-state index in [1.54, 1.807) is 13.2 Å². The molecule has 2 aromatic carbocycles. The molecule has 0 saturated carbocycles. The second-order valence-corrected chi connectivity index (χ2v) is 7.95. The number of methoxy groups -OCH3 is 1. The standard InChI is InChI=1S/C17H19ClN2O4S/c1-20(2)25(22,23)16-10-12(8-9-14(16)18)17(21)19-11-13-6-4-5-7-15(13)24-3/h4-10H,11H2,1-3H3,(H,19,21). The fourth-order valence-corrected chi connectivity index (χ4v) is 3.56. The van der Waals surface area contributed by atoms with E-state index in [-0.39, 0.29) is 22.0 Å². The summed E-state index contributed by atoms with van der Waals surface area (Å²) in [5, 5.41) is 2.81. The molecule has 0 heterocycles. The van der Waals surface area contributed by atoms with Crippen molar-refractivity contribution in [2.24, 2.45) is 0 Å². The summed E-state index contributed by atoms with van der Waals surface area (Å²) in [6.07, 6.45) is 0. The highest BCUT2D eigenvalue weighted by Gasteiger charge is 2.22. The molecule has 134 valence electrons. The van der Waals surface area contributed by atoms with Crippen LogP contribution in [0.4, 0.5) is 0 Å². The summed E-state index contributed by atoms with van der Waals surface area (Å²) < 4.78 is 30.8. The number of nitrogens with zero attached hydrogens (tertiary/aromatic N) is 1. The third-order valence-electron chi connectivity index (χ3n) is 3.58. The Bertz CT molecular complexity index is 882. The molecule has 0 radical (unpaired) electrons. The second kappa shape index (κ2) is 7.86. The second-order valence-electron chi connectivity index (χ2n) is 5.43. The van der Waals surface area contributed by atoms with Crippen LogP contribution in [0, 0.1) is 0 Å². The molecule has 0 saturated heterocycles. The third-order valence-corrected chi connectivity index (χ3v) is 5.88. The van der Waals surface area contributed by atoms with E-state index < -0.39 is 15.9 Å². The molecule has 0 aliphatic rings. The van der Waals surface area contributed by atoms with Crippen molar-refractivity contribution in [2.45, 2.75) is 11.4 Å². The molecule has 25 heavy (non-hydrogen) atoms. The SMILES string of the molecule is COc1ccccc1CNC(=O)c1ccc(Cl)c(S(=O)(=O)N(C)C)c1. The molecule has 0 spiro atoms. The molecule has 0 bridgehead atoms. The van der Waals surface area contributed by atoms with E-state index in [4.69, 9.17) is 16.3 Å². The van der Waals surface area contributed by atoms with Gasteiger partial charge < -0.3 is 10.1 Å². The molecular formula is C17H19ClN2O4S. The van der Waals surface area contributed by atoms with Crippen molar-refractivity contribution in [1.82, 2.24) is 9.62 Å². The number of halogens is 1. The van der Waals surface area contributed by atoms with Crippen LogP contribution < -0.4 is 10.1 Å². The topological polar surface area (TPSA) is 75.7 Å². The highest BCUT2D eigenvalue weighted by atomic mass is 35.5. The lowest BCUT2D eigenvalue weighted by molar-refractivity contribution is 0.0950. The first kappa shape index (κ1) is 19.2. The Morgan fingerprint density at radius 1 is 1.20 bits per heavy atom. The molecule has 0 aromatic heterocycles. The van der Waals surface area contributed by atoms with E-state index >= 15 is 0 Å². The minimum Gasteiger partial charge on any atom is -0.496 e. The van der Waals surface area contributed by atoms with Gasteiger partial charge >= 0.3 is 0 Å². The van der Waals surface area contributed by atoms with Crippen molar-refractivity contribution in [1.29, 1.82) is 0 Å². The Morgan fingerprint density at radius 2 is 1.88 bits per heavy atom. The third kappa shape index (κ3) is 4.31. The Kier molecular flexibility index (Phi) is 6.05. The molecule has 0 fully saturated rings. The van der Waals surface area contributed by atoms with Crippen LogP contribution in [-0.2, 0) is 16.6 Å². The molecular weight excluding hydrogens is 364 g/mol. The van der Waals surface area contributed by atoms with Gasteiger partial charge in [-0.2, -0.15) is 0 Å². The van der Waals surface area contributed by atoms with Crippen molar-refractivity contribution >= 4 is 27.5 Å². The normalized spacial score (nSPS) is 11.4. The molecule has 2 rings (SSSR count). The van der Waals surface area contributed by atoms with Gasteiger partial charge in [0.1, 0.15) is 10.6 Å². The zero-order valence-electron chi connectivity index (χ0n) is 14.1. The number of para-hydroxylation sites is 1. The Balaban J connectivity index is 2.23. The van der Waals surface area contributed by atoms with Gasteiger partial charge in [0.2, 0.25) is 10.0 Å². The van der Waals surface area contributed by atoms with Gasteiger partial charge in [-0.1, -0.05) is 29.8 Å². The molecule has 0 atom stereocenters. The van der Waals surface area contributed by atoms with Gasteiger partial charge in [-0.05, 0) is 24.3 Å². The van der Waals surface area contributed by atoms with Crippen LogP contribution in [0.2, 0.25) is 5.02 Å². The van der Waals surface area contributed by atoms with Crippen molar-refractivity contribution in [3.05, 3.63) is 58.6 Å². The first-order valence-corrected chi connectivity index (χ1v) is 9.21. The van der Waals surface area contributed by atoms with Gasteiger partial charge in [-0.25, -0.2) is 12.7 Å². The summed E-state index contributed by atoms with van der Waals surface area (Å²) >= 11 is 5.99. The van der Waals surface area contributed by atoms with E-state index in [0.29, 0.717) is 5.75 Å².